The summed E-state index contributed by atoms with van der Waals surface area (Å²) in [5.74, 6) is -0.303. The number of fused-ring (bicyclic) bond motifs is 1. The molecular weight excluding hydrogens is 409 g/mol. The molecule has 0 amide bonds. The van der Waals surface area contributed by atoms with Crippen molar-refractivity contribution < 1.29 is 13.6 Å². The van der Waals surface area contributed by atoms with Crippen molar-refractivity contribution >= 4 is 38.4 Å². The predicted molar refractivity (Wildman–Crippen MR) is 108 cm³/mol. The molecule has 1 heterocycles. The van der Waals surface area contributed by atoms with Crippen molar-refractivity contribution in [1.82, 2.24) is 0 Å². The third-order valence-electron chi connectivity index (χ3n) is 4.32. The Morgan fingerprint density at radius 3 is 2.44 bits per heavy atom. The van der Waals surface area contributed by atoms with Gasteiger partial charge in [0.25, 0.3) is 0 Å². The van der Waals surface area contributed by atoms with E-state index in [-0.39, 0.29) is 23.9 Å². The van der Waals surface area contributed by atoms with Crippen molar-refractivity contribution in [1.29, 1.82) is 0 Å². The van der Waals surface area contributed by atoms with Gasteiger partial charge in [-0.1, -0.05) is 46.3 Å². The van der Waals surface area contributed by atoms with Crippen molar-refractivity contribution in [3.8, 4) is 0 Å². The molecule has 0 radical (unpaired) electrons. The van der Waals surface area contributed by atoms with Gasteiger partial charge in [-0.25, -0.2) is 4.39 Å². The molecule has 1 N–H and O–H groups in total. The number of carbonyl (C=O) groups excluding carboxylic acids is 1. The first-order valence-electron chi connectivity index (χ1n) is 8.42. The van der Waals surface area contributed by atoms with Crippen LogP contribution in [0.3, 0.4) is 0 Å². The van der Waals surface area contributed by atoms with Gasteiger partial charge in [0, 0.05) is 27.5 Å². The molecule has 0 aliphatic carbocycles. The van der Waals surface area contributed by atoms with Gasteiger partial charge in [-0.05, 0) is 42.5 Å². The van der Waals surface area contributed by atoms with Gasteiger partial charge in [0.15, 0.2) is 5.76 Å². The van der Waals surface area contributed by atoms with Crippen LogP contribution in [0, 0.1) is 5.82 Å². The summed E-state index contributed by atoms with van der Waals surface area (Å²) in [7, 11) is 0. The lowest BCUT2D eigenvalue weighted by molar-refractivity contribution is 0.101. The monoisotopic (exact) mass is 423 g/mol. The molecule has 0 atom stereocenters. The van der Waals surface area contributed by atoms with Gasteiger partial charge in [-0.2, -0.15) is 0 Å². The summed E-state index contributed by atoms with van der Waals surface area (Å²) in [6.07, 6.45) is 0. The topological polar surface area (TPSA) is 42.2 Å². The fraction of sp³-hybridized carbons (Fsp3) is 0.0455. The van der Waals surface area contributed by atoms with Crippen LogP contribution < -0.4 is 5.32 Å². The van der Waals surface area contributed by atoms with Crippen LogP contribution in [0.4, 0.5) is 10.1 Å². The Hall–Kier alpha value is -2.92. The minimum absolute atomic E-state index is 0.217. The standard InChI is InChI=1S/C22H15BrFNO2/c23-16-11-9-14(10-12-16)21(26)22-20(17-6-2-4-8-19(17)27-22)25-13-15-5-1-3-7-18(15)24/h1-12,25H,13H2. The van der Waals surface area contributed by atoms with Crippen LogP contribution in [-0.2, 0) is 6.54 Å². The summed E-state index contributed by atoms with van der Waals surface area (Å²) < 4.78 is 20.7. The van der Waals surface area contributed by atoms with Gasteiger partial charge in [-0.15, -0.1) is 0 Å². The Morgan fingerprint density at radius 1 is 0.963 bits per heavy atom. The summed E-state index contributed by atoms with van der Waals surface area (Å²) in [6, 6.07) is 21.0. The maximum atomic E-state index is 14.0. The second kappa shape index (κ2) is 7.37. The Labute approximate surface area is 163 Å². The van der Waals surface area contributed by atoms with E-state index >= 15 is 0 Å². The lowest BCUT2D eigenvalue weighted by Crippen LogP contribution is -2.07. The average Bonchev–Trinajstić information content (AvgIpc) is 3.06. The second-order valence-corrected chi connectivity index (χ2v) is 7.00. The minimum Gasteiger partial charge on any atom is -0.450 e. The second-order valence-electron chi connectivity index (χ2n) is 6.08. The lowest BCUT2D eigenvalue weighted by atomic mass is 10.1. The van der Waals surface area contributed by atoms with Gasteiger partial charge < -0.3 is 9.73 Å². The van der Waals surface area contributed by atoms with Crippen molar-refractivity contribution in [3.63, 3.8) is 0 Å². The highest BCUT2D eigenvalue weighted by Crippen LogP contribution is 2.33. The van der Waals surface area contributed by atoms with E-state index in [0.717, 1.165) is 9.86 Å². The first-order valence-corrected chi connectivity index (χ1v) is 9.22. The highest BCUT2D eigenvalue weighted by atomic mass is 79.9. The summed E-state index contributed by atoms with van der Waals surface area (Å²) in [6.45, 7) is 0.247. The summed E-state index contributed by atoms with van der Waals surface area (Å²) in [5, 5.41) is 3.98. The smallest absolute Gasteiger partial charge is 0.230 e. The third-order valence-corrected chi connectivity index (χ3v) is 4.85. The molecule has 3 aromatic carbocycles. The number of hydrogen-bond donors (Lipinski definition) is 1. The Bertz CT molecular complexity index is 1120. The summed E-state index contributed by atoms with van der Waals surface area (Å²) in [4.78, 5) is 13.0. The maximum absolute atomic E-state index is 14.0. The van der Waals surface area contributed by atoms with Gasteiger partial charge in [0.2, 0.25) is 5.78 Å². The zero-order valence-electron chi connectivity index (χ0n) is 14.2. The number of halogens is 2. The highest BCUT2D eigenvalue weighted by molar-refractivity contribution is 9.10. The van der Waals surface area contributed by atoms with Gasteiger partial charge >= 0.3 is 0 Å². The van der Waals surface area contributed by atoms with Crippen molar-refractivity contribution in [2.24, 2.45) is 0 Å². The van der Waals surface area contributed by atoms with Crippen LogP contribution in [0.1, 0.15) is 21.7 Å². The normalized spacial score (nSPS) is 10.9. The molecule has 27 heavy (non-hydrogen) atoms. The van der Waals surface area contributed by atoms with E-state index in [1.165, 1.54) is 6.07 Å². The largest absolute Gasteiger partial charge is 0.450 e. The molecule has 0 aliphatic heterocycles. The molecular formula is C22H15BrFNO2. The maximum Gasteiger partial charge on any atom is 0.230 e. The van der Waals surface area contributed by atoms with Crippen LogP contribution in [-0.4, -0.2) is 5.78 Å². The first-order chi connectivity index (χ1) is 13.1. The Kier molecular flexibility index (Phi) is 4.77. The number of carbonyl (C=O) groups is 1. The Morgan fingerprint density at radius 2 is 1.67 bits per heavy atom. The van der Waals surface area contributed by atoms with Crippen molar-refractivity contribution in [2.45, 2.75) is 6.54 Å². The fourth-order valence-electron chi connectivity index (χ4n) is 2.94. The van der Waals surface area contributed by atoms with E-state index < -0.39 is 0 Å². The molecule has 0 spiro atoms. The number of rotatable bonds is 5. The molecule has 0 unspecified atom stereocenters. The molecule has 0 fully saturated rings. The average molecular weight is 424 g/mol. The summed E-state index contributed by atoms with van der Waals surface area (Å²) in [5.41, 5.74) is 2.21. The number of furan rings is 1. The molecule has 0 saturated heterocycles. The van der Waals surface area contributed by atoms with E-state index in [2.05, 4.69) is 21.2 Å². The van der Waals surface area contributed by atoms with Crippen LogP contribution in [0.15, 0.2) is 81.7 Å². The fourth-order valence-corrected chi connectivity index (χ4v) is 3.20. The van der Waals surface area contributed by atoms with Crippen molar-refractivity contribution in [2.75, 3.05) is 5.32 Å². The third kappa shape index (κ3) is 3.51. The lowest BCUT2D eigenvalue weighted by Gasteiger charge is -2.08. The SMILES string of the molecule is O=C(c1ccc(Br)cc1)c1oc2ccccc2c1NCc1ccccc1F. The summed E-state index contributed by atoms with van der Waals surface area (Å²) >= 11 is 3.37. The number of benzene rings is 3. The van der Waals surface area contributed by atoms with Crippen molar-refractivity contribution in [3.05, 3.63) is 100.0 Å². The van der Waals surface area contributed by atoms with Gasteiger partial charge in [0.05, 0.1) is 5.69 Å². The van der Waals surface area contributed by atoms with Crippen LogP contribution in [0.5, 0.6) is 0 Å². The zero-order valence-corrected chi connectivity index (χ0v) is 15.8. The molecule has 0 saturated carbocycles. The number of nitrogens with one attached hydrogen (secondary N) is 1. The van der Waals surface area contributed by atoms with E-state index in [0.29, 0.717) is 22.4 Å². The molecule has 4 rings (SSSR count). The molecule has 3 nitrogen and oxygen atoms in total. The number of anilines is 1. The number of hydrogen-bond acceptors (Lipinski definition) is 3. The molecule has 0 bridgehead atoms. The van der Waals surface area contributed by atoms with Gasteiger partial charge in [-0.3, -0.25) is 4.79 Å². The quantitative estimate of drug-likeness (QED) is 0.389. The van der Waals surface area contributed by atoms with Crippen LogP contribution >= 0.6 is 15.9 Å². The minimum atomic E-state index is -0.293. The molecule has 5 heteroatoms. The molecule has 4 aromatic rings. The highest BCUT2D eigenvalue weighted by Gasteiger charge is 2.22. The van der Waals surface area contributed by atoms with E-state index in [9.17, 15) is 9.18 Å². The molecule has 134 valence electrons. The van der Waals surface area contributed by atoms with Crippen LogP contribution in [0.25, 0.3) is 11.0 Å². The van der Waals surface area contributed by atoms with E-state index in [1.807, 2.05) is 36.4 Å². The zero-order chi connectivity index (χ0) is 18.8. The Balaban J connectivity index is 1.74. The van der Waals surface area contributed by atoms with Gasteiger partial charge in [0.1, 0.15) is 11.4 Å². The molecule has 0 aliphatic rings. The number of para-hydroxylation sites is 1. The number of ketones is 1. The first kappa shape index (κ1) is 17.5. The van der Waals surface area contributed by atoms with Crippen LogP contribution in [0.2, 0.25) is 0 Å². The van der Waals surface area contributed by atoms with E-state index in [1.54, 1.807) is 30.3 Å². The molecule has 1 aromatic heterocycles. The predicted octanol–water partition coefficient (Wildman–Crippen LogP) is 6.18. The van der Waals surface area contributed by atoms with E-state index in [4.69, 9.17) is 4.42 Å².